The number of β-amino-alcohol motifs (C(OH)–C–C–N with tert-alkyl or cyclic N) is 1. The number of piperidine rings is 1. The Bertz CT molecular complexity index is 464. The molecule has 0 radical (unpaired) electrons. The van der Waals surface area contributed by atoms with E-state index in [0.29, 0.717) is 19.4 Å². The fourth-order valence-electron chi connectivity index (χ4n) is 2.83. The molecule has 0 unspecified atom stereocenters. The number of carbonyl (C=O) groups excluding carboxylic acids is 1. The van der Waals surface area contributed by atoms with Crippen molar-refractivity contribution < 1.29 is 9.90 Å². The largest absolute Gasteiger partial charge is 0.389 e. The molecule has 1 atom stereocenters. The van der Waals surface area contributed by atoms with Gasteiger partial charge in [-0.3, -0.25) is 14.7 Å². The summed E-state index contributed by atoms with van der Waals surface area (Å²) in [6.07, 6.45) is 4.46. The van der Waals surface area contributed by atoms with Crippen molar-refractivity contribution >= 4 is 5.91 Å². The quantitative estimate of drug-likeness (QED) is 0.888. The van der Waals surface area contributed by atoms with Crippen LogP contribution in [0.5, 0.6) is 0 Å². The first kappa shape index (κ1) is 15.9. The Labute approximate surface area is 126 Å². The molecule has 116 valence electrons. The van der Waals surface area contributed by atoms with E-state index in [9.17, 15) is 9.90 Å². The third-order valence-corrected chi connectivity index (χ3v) is 4.05. The van der Waals surface area contributed by atoms with E-state index >= 15 is 0 Å². The minimum absolute atomic E-state index is 0.0743. The van der Waals surface area contributed by atoms with Crippen molar-refractivity contribution in [3.8, 4) is 0 Å². The summed E-state index contributed by atoms with van der Waals surface area (Å²) in [4.78, 5) is 19.8. The van der Waals surface area contributed by atoms with Crippen molar-refractivity contribution in [3.63, 3.8) is 0 Å². The Morgan fingerprint density at radius 1 is 1.48 bits per heavy atom. The summed E-state index contributed by atoms with van der Waals surface area (Å²) in [6.45, 7) is 2.34. The average Bonchev–Trinajstić information content (AvgIpc) is 2.46. The molecule has 0 aliphatic carbocycles. The topological polar surface area (TPSA) is 56.7 Å². The highest BCUT2D eigenvalue weighted by atomic mass is 16.3. The van der Waals surface area contributed by atoms with Crippen molar-refractivity contribution in [1.29, 1.82) is 0 Å². The van der Waals surface area contributed by atoms with E-state index in [0.717, 1.165) is 31.6 Å². The van der Waals surface area contributed by atoms with E-state index in [1.807, 2.05) is 18.2 Å². The SMILES string of the molecule is CN(C)C(=O)CC[C@]1(O)CCCN(Cc2ccccn2)C1. The van der Waals surface area contributed by atoms with E-state index in [1.54, 1.807) is 25.2 Å². The molecule has 1 aliphatic rings. The van der Waals surface area contributed by atoms with E-state index in [2.05, 4.69) is 9.88 Å². The first-order valence-electron chi connectivity index (χ1n) is 7.53. The second-order valence-corrected chi connectivity index (χ2v) is 6.15. The van der Waals surface area contributed by atoms with Gasteiger partial charge in [-0.25, -0.2) is 0 Å². The molecule has 21 heavy (non-hydrogen) atoms. The van der Waals surface area contributed by atoms with E-state index in [4.69, 9.17) is 0 Å². The highest BCUT2D eigenvalue weighted by molar-refractivity contribution is 5.75. The molecule has 1 aliphatic heterocycles. The Kier molecular flexibility index (Phi) is 5.31. The summed E-state index contributed by atoms with van der Waals surface area (Å²) in [5.74, 6) is 0.0743. The summed E-state index contributed by atoms with van der Waals surface area (Å²) in [6, 6.07) is 5.89. The predicted octanol–water partition coefficient (Wildman–Crippen LogP) is 1.28. The second-order valence-electron chi connectivity index (χ2n) is 6.15. The van der Waals surface area contributed by atoms with Gasteiger partial charge in [0.15, 0.2) is 0 Å². The smallest absolute Gasteiger partial charge is 0.222 e. The Morgan fingerprint density at radius 3 is 2.95 bits per heavy atom. The van der Waals surface area contributed by atoms with Crippen LogP contribution in [0, 0.1) is 0 Å². The number of amides is 1. The van der Waals surface area contributed by atoms with Crippen LogP contribution in [0.4, 0.5) is 0 Å². The van der Waals surface area contributed by atoms with Crippen LogP contribution < -0.4 is 0 Å². The molecular formula is C16H25N3O2. The van der Waals surface area contributed by atoms with Crippen molar-refractivity contribution in [2.75, 3.05) is 27.2 Å². The highest BCUT2D eigenvalue weighted by Crippen LogP contribution is 2.26. The fraction of sp³-hybridized carbons (Fsp3) is 0.625. The third-order valence-electron chi connectivity index (χ3n) is 4.05. The zero-order valence-electron chi connectivity index (χ0n) is 13.0. The van der Waals surface area contributed by atoms with Crippen LogP contribution in [-0.2, 0) is 11.3 Å². The molecule has 0 aromatic carbocycles. The zero-order valence-corrected chi connectivity index (χ0v) is 13.0. The molecule has 1 saturated heterocycles. The summed E-state index contributed by atoms with van der Waals surface area (Å²) in [5, 5.41) is 10.7. The molecule has 1 aromatic heterocycles. The van der Waals surface area contributed by atoms with Crippen LogP contribution in [0.1, 0.15) is 31.4 Å². The molecule has 1 amide bonds. The summed E-state index contributed by atoms with van der Waals surface area (Å²) < 4.78 is 0. The molecule has 5 heteroatoms. The monoisotopic (exact) mass is 291 g/mol. The van der Waals surface area contributed by atoms with Gasteiger partial charge >= 0.3 is 0 Å². The van der Waals surface area contributed by atoms with Crippen LogP contribution in [-0.4, -0.2) is 58.6 Å². The van der Waals surface area contributed by atoms with Gasteiger partial charge < -0.3 is 10.0 Å². The fourth-order valence-corrected chi connectivity index (χ4v) is 2.83. The summed E-state index contributed by atoms with van der Waals surface area (Å²) in [7, 11) is 3.50. The van der Waals surface area contributed by atoms with Gasteiger partial charge in [0.1, 0.15) is 0 Å². The number of likely N-dealkylation sites (tertiary alicyclic amines) is 1. The van der Waals surface area contributed by atoms with Gasteiger partial charge in [-0.05, 0) is 37.9 Å². The van der Waals surface area contributed by atoms with Gasteiger partial charge in [-0.2, -0.15) is 0 Å². The van der Waals surface area contributed by atoms with Crippen molar-refractivity contribution in [3.05, 3.63) is 30.1 Å². The van der Waals surface area contributed by atoms with Crippen molar-refractivity contribution in [2.45, 2.75) is 37.8 Å². The molecule has 1 aromatic rings. The van der Waals surface area contributed by atoms with Gasteiger partial charge in [0, 0.05) is 39.8 Å². The molecule has 1 N–H and O–H groups in total. The lowest BCUT2D eigenvalue weighted by molar-refractivity contribution is -0.130. The number of carbonyl (C=O) groups is 1. The van der Waals surface area contributed by atoms with Crippen LogP contribution >= 0.6 is 0 Å². The minimum atomic E-state index is -0.751. The van der Waals surface area contributed by atoms with Crippen LogP contribution in [0.25, 0.3) is 0 Å². The number of hydrogen-bond acceptors (Lipinski definition) is 4. The number of pyridine rings is 1. The maximum absolute atomic E-state index is 11.7. The first-order valence-corrected chi connectivity index (χ1v) is 7.53. The van der Waals surface area contributed by atoms with Crippen molar-refractivity contribution in [1.82, 2.24) is 14.8 Å². The van der Waals surface area contributed by atoms with Gasteiger partial charge in [-0.15, -0.1) is 0 Å². The maximum atomic E-state index is 11.7. The third kappa shape index (κ3) is 4.79. The molecule has 1 fully saturated rings. The minimum Gasteiger partial charge on any atom is -0.389 e. The van der Waals surface area contributed by atoms with E-state index in [-0.39, 0.29) is 5.91 Å². The van der Waals surface area contributed by atoms with E-state index in [1.165, 1.54) is 0 Å². The number of aromatic nitrogens is 1. The standard InChI is InChI=1S/C16H25N3O2/c1-18(2)15(20)7-9-16(21)8-5-11-19(13-16)12-14-6-3-4-10-17-14/h3-4,6,10,21H,5,7-9,11-13H2,1-2H3/t16-/m1/s1. The normalized spacial score (nSPS) is 23.0. The second kappa shape index (κ2) is 7.00. The lowest BCUT2D eigenvalue weighted by atomic mass is 9.88. The molecule has 0 bridgehead atoms. The van der Waals surface area contributed by atoms with Crippen molar-refractivity contribution in [2.24, 2.45) is 0 Å². The summed E-state index contributed by atoms with van der Waals surface area (Å²) >= 11 is 0. The first-order chi connectivity index (χ1) is 9.98. The molecule has 0 spiro atoms. The Balaban J connectivity index is 1.88. The van der Waals surface area contributed by atoms with Gasteiger partial charge in [-0.1, -0.05) is 6.07 Å². The predicted molar refractivity (Wildman–Crippen MR) is 81.6 cm³/mol. The lowest BCUT2D eigenvalue weighted by Crippen LogP contribution is -2.48. The number of nitrogens with zero attached hydrogens (tertiary/aromatic N) is 3. The Morgan fingerprint density at radius 2 is 2.29 bits per heavy atom. The van der Waals surface area contributed by atoms with Gasteiger partial charge in [0.2, 0.25) is 5.91 Å². The number of hydrogen-bond donors (Lipinski definition) is 1. The average molecular weight is 291 g/mol. The van der Waals surface area contributed by atoms with Gasteiger partial charge in [0.25, 0.3) is 0 Å². The number of rotatable bonds is 5. The van der Waals surface area contributed by atoms with Gasteiger partial charge in [0.05, 0.1) is 11.3 Å². The Hall–Kier alpha value is -1.46. The van der Waals surface area contributed by atoms with E-state index < -0.39 is 5.60 Å². The molecule has 0 saturated carbocycles. The lowest BCUT2D eigenvalue weighted by Gasteiger charge is -2.39. The summed E-state index contributed by atoms with van der Waals surface area (Å²) in [5.41, 5.74) is 0.268. The zero-order chi connectivity index (χ0) is 15.3. The maximum Gasteiger partial charge on any atom is 0.222 e. The molecule has 2 heterocycles. The van der Waals surface area contributed by atoms with Crippen LogP contribution in [0.3, 0.4) is 0 Å². The molecule has 2 rings (SSSR count). The number of aliphatic hydroxyl groups is 1. The molecular weight excluding hydrogens is 266 g/mol. The molecule has 5 nitrogen and oxygen atoms in total. The highest BCUT2D eigenvalue weighted by Gasteiger charge is 2.33. The van der Waals surface area contributed by atoms with Crippen LogP contribution in [0.15, 0.2) is 24.4 Å². The van der Waals surface area contributed by atoms with Crippen LogP contribution in [0.2, 0.25) is 0 Å².